The van der Waals surface area contributed by atoms with Crippen molar-refractivity contribution in [3.8, 4) is 29.2 Å². The first-order chi connectivity index (χ1) is 24.3. The fourth-order valence-corrected chi connectivity index (χ4v) is 7.95. The summed E-state index contributed by atoms with van der Waals surface area (Å²) in [7, 11) is 0. The zero-order valence-electron chi connectivity index (χ0n) is 26.2. The van der Waals surface area contributed by atoms with E-state index in [1.165, 1.54) is 0 Å². The molecule has 3 heterocycles. The Labute approximate surface area is 280 Å². The molecule has 0 amide bonds. The molecule has 226 valence electrons. The minimum absolute atomic E-state index is 0.625. The van der Waals surface area contributed by atoms with E-state index in [1.807, 2.05) is 42.5 Å². The lowest BCUT2D eigenvalue weighted by Crippen LogP contribution is -1.97. The molecule has 0 saturated heterocycles. The number of nitriles is 2. The molecule has 0 unspecified atom stereocenters. The first-order valence-electron chi connectivity index (χ1n) is 16.2. The zero-order valence-corrected chi connectivity index (χ0v) is 26.2. The molecule has 10 aromatic rings. The van der Waals surface area contributed by atoms with Crippen molar-refractivity contribution in [1.29, 1.82) is 10.5 Å². The molecule has 10 rings (SSSR count). The van der Waals surface area contributed by atoms with Crippen molar-refractivity contribution in [3.05, 3.63) is 163 Å². The van der Waals surface area contributed by atoms with E-state index in [9.17, 15) is 10.5 Å². The number of fused-ring (bicyclic) bond motifs is 11. The number of nitrogens with zero attached hydrogens (tertiary/aromatic N) is 5. The van der Waals surface area contributed by atoms with Gasteiger partial charge in [0.1, 0.15) is 6.07 Å². The van der Waals surface area contributed by atoms with Gasteiger partial charge in [-0.05, 0) is 66.7 Å². The van der Waals surface area contributed by atoms with Crippen LogP contribution in [0.25, 0.3) is 82.5 Å². The van der Waals surface area contributed by atoms with Gasteiger partial charge >= 0.3 is 0 Å². The third kappa shape index (κ3) is 3.67. The standard InChI is InChI=1S/C44H25N5/c45-26-28-11-10-15-31(25-28)47-37-19-8-5-16-34(37)41-39(47)23-21-32-33-22-24-40-42(44(33)48(43(32)41)30-13-2-1-3-14-30)35-17-6-9-20-38(35)49(40)36-18-7-4-12-29(36)27-46/h1-25H. The van der Waals surface area contributed by atoms with Crippen LogP contribution in [0, 0.1) is 22.7 Å². The Morgan fingerprint density at radius 3 is 1.63 bits per heavy atom. The molecule has 0 aliphatic heterocycles. The highest BCUT2D eigenvalue weighted by atomic mass is 15.0. The first-order valence-corrected chi connectivity index (χ1v) is 16.2. The zero-order chi connectivity index (χ0) is 32.6. The first kappa shape index (κ1) is 27.1. The van der Waals surface area contributed by atoms with Crippen LogP contribution in [0.5, 0.6) is 0 Å². The van der Waals surface area contributed by atoms with Crippen LogP contribution in [0.2, 0.25) is 0 Å². The second-order valence-electron chi connectivity index (χ2n) is 12.4. The van der Waals surface area contributed by atoms with Gasteiger partial charge in [0.05, 0.1) is 56.0 Å². The fraction of sp³-hybridized carbons (Fsp3) is 0. The minimum Gasteiger partial charge on any atom is -0.309 e. The third-order valence-electron chi connectivity index (χ3n) is 9.87. The number of rotatable bonds is 3. The van der Waals surface area contributed by atoms with Gasteiger partial charge in [-0.3, -0.25) is 0 Å². The quantitative estimate of drug-likeness (QED) is 0.197. The molecule has 0 bridgehead atoms. The van der Waals surface area contributed by atoms with Crippen molar-refractivity contribution >= 4 is 65.4 Å². The number of benzene rings is 7. The molecule has 49 heavy (non-hydrogen) atoms. The molecule has 0 fully saturated rings. The Bertz CT molecular complexity index is 3070. The van der Waals surface area contributed by atoms with Crippen molar-refractivity contribution in [2.45, 2.75) is 0 Å². The van der Waals surface area contributed by atoms with Gasteiger partial charge in [-0.15, -0.1) is 0 Å². The predicted molar refractivity (Wildman–Crippen MR) is 199 cm³/mol. The normalized spacial score (nSPS) is 11.6. The van der Waals surface area contributed by atoms with Gasteiger partial charge in [0.2, 0.25) is 0 Å². The van der Waals surface area contributed by atoms with E-state index in [2.05, 4.69) is 135 Å². The maximum atomic E-state index is 10.1. The Morgan fingerprint density at radius 2 is 0.959 bits per heavy atom. The van der Waals surface area contributed by atoms with Crippen LogP contribution in [-0.2, 0) is 0 Å². The second kappa shape index (κ2) is 10.2. The molecule has 5 heteroatoms. The van der Waals surface area contributed by atoms with E-state index in [0.717, 1.165) is 82.5 Å². The summed E-state index contributed by atoms with van der Waals surface area (Å²) in [6.45, 7) is 0. The number of hydrogen-bond acceptors (Lipinski definition) is 2. The molecule has 0 atom stereocenters. The van der Waals surface area contributed by atoms with Crippen molar-refractivity contribution in [2.24, 2.45) is 0 Å². The summed E-state index contributed by atoms with van der Waals surface area (Å²) in [4.78, 5) is 0. The molecule has 0 radical (unpaired) electrons. The van der Waals surface area contributed by atoms with Gasteiger partial charge in [0, 0.05) is 43.7 Å². The Hall–Kier alpha value is -7.08. The molecule has 0 aliphatic rings. The topological polar surface area (TPSA) is 62.4 Å². The summed E-state index contributed by atoms with van der Waals surface area (Å²) in [6, 6.07) is 57.0. The number of para-hydroxylation sites is 4. The van der Waals surface area contributed by atoms with Crippen LogP contribution in [0.3, 0.4) is 0 Å². The molecule has 0 saturated carbocycles. The largest absolute Gasteiger partial charge is 0.309 e. The minimum atomic E-state index is 0.625. The van der Waals surface area contributed by atoms with Crippen molar-refractivity contribution in [2.75, 3.05) is 0 Å². The average molecular weight is 624 g/mol. The van der Waals surface area contributed by atoms with E-state index in [0.29, 0.717) is 11.1 Å². The lowest BCUT2D eigenvalue weighted by Gasteiger charge is -2.11. The van der Waals surface area contributed by atoms with Crippen LogP contribution < -0.4 is 0 Å². The van der Waals surface area contributed by atoms with Gasteiger partial charge in [-0.2, -0.15) is 10.5 Å². The SMILES string of the molecule is N#Cc1cccc(-n2c3ccccc3c3c2ccc2c4ccc5c(c6ccccc6n5-c5ccccc5C#N)c4n(-c4ccccc4)c23)c1. The Balaban J connectivity index is 1.46. The van der Waals surface area contributed by atoms with Crippen molar-refractivity contribution in [3.63, 3.8) is 0 Å². The summed E-state index contributed by atoms with van der Waals surface area (Å²) in [5, 5.41) is 26.8. The summed E-state index contributed by atoms with van der Waals surface area (Å²) in [6.07, 6.45) is 0. The Kier molecular flexibility index (Phi) is 5.64. The van der Waals surface area contributed by atoms with Crippen LogP contribution in [0.15, 0.2) is 152 Å². The van der Waals surface area contributed by atoms with Crippen LogP contribution in [0.1, 0.15) is 11.1 Å². The lowest BCUT2D eigenvalue weighted by molar-refractivity contribution is 1.16. The van der Waals surface area contributed by atoms with Crippen LogP contribution >= 0.6 is 0 Å². The van der Waals surface area contributed by atoms with Gasteiger partial charge in [-0.25, -0.2) is 0 Å². The molecular formula is C44H25N5. The van der Waals surface area contributed by atoms with Crippen molar-refractivity contribution < 1.29 is 0 Å². The Morgan fingerprint density at radius 1 is 0.388 bits per heavy atom. The molecular weight excluding hydrogens is 599 g/mol. The lowest BCUT2D eigenvalue weighted by atomic mass is 10.1. The second-order valence-corrected chi connectivity index (χ2v) is 12.4. The summed E-state index contributed by atoms with van der Waals surface area (Å²) in [5.74, 6) is 0. The maximum absolute atomic E-state index is 10.1. The van der Waals surface area contributed by atoms with Crippen LogP contribution in [0.4, 0.5) is 0 Å². The van der Waals surface area contributed by atoms with E-state index in [4.69, 9.17) is 0 Å². The van der Waals surface area contributed by atoms with Gasteiger partial charge in [0.15, 0.2) is 0 Å². The van der Waals surface area contributed by atoms with Gasteiger partial charge < -0.3 is 13.7 Å². The monoisotopic (exact) mass is 623 g/mol. The maximum Gasteiger partial charge on any atom is 0.101 e. The fourth-order valence-electron chi connectivity index (χ4n) is 7.95. The van der Waals surface area contributed by atoms with E-state index < -0.39 is 0 Å². The smallest absolute Gasteiger partial charge is 0.101 e. The van der Waals surface area contributed by atoms with Gasteiger partial charge in [-0.1, -0.05) is 84.9 Å². The van der Waals surface area contributed by atoms with E-state index in [-0.39, 0.29) is 0 Å². The molecule has 0 aliphatic carbocycles. The molecule has 5 nitrogen and oxygen atoms in total. The summed E-state index contributed by atoms with van der Waals surface area (Å²) >= 11 is 0. The third-order valence-corrected chi connectivity index (χ3v) is 9.87. The molecule has 7 aromatic carbocycles. The van der Waals surface area contributed by atoms with E-state index in [1.54, 1.807) is 0 Å². The summed E-state index contributed by atoms with van der Waals surface area (Å²) < 4.78 is 6.95. The number of hydrogen-bond donors (Lipinski definition) is 0. The highest BCUT2D eigenvalue weighted by Crippen LogP contribution is 2.46. The average Bonchev–Trinajstić information content (AvgIpc) is 3.80. The predicted octanol–water partition coefficient (Wildman–Crippen LogP) is 10.7. The number of aromatic nitrogens is 3. The van der Waals surface area contributed by atoms with E-state index >= 15 is 0 Å². The highest BCUT2D eigenvalue weighted by Gasteiger charge is 2.25. The molecule has 0 spiro atoms. The van der Waals surface area contributed by atoms with Gasteiger partial charge in [0.25, 0.3) is 0 Å². The van der Waals surface area contributed by atoms with Crippen molar-refractivity contribution in [1.82, 2.24) is 13.7 Å². The summed E-state index contributed by atoms with van der Waals surface area (Å²) in [5.41, 5.74) is 10.6. The molecule has 3 aromatic heterocycles. The van der Waals surface area contributed by atoms with Crippen LogP contribution in [-0.4, -0.2) is 13.7 Å². The molecule has 0 N–H and O–H groups in total. The highest BCUT2D eigenvalue weighted by molar-refractivity contribution is 6.31.